The fourth-order valence-corrected chi connectivity index (χ4v) is 0.988. The lowest BCUT2D eigenvalue weighted by molar-refractivity contribution is -0.110. The van der Waals surface area contributed by atoms with Gasteiger partial charge in [0.25, 0.3) is 5.91 Å². The maximum atomic E-state index is 11.4. The Hall–Kier alpha value is -1.58. The van der Waals surface area contributed by atoms with Gasteiger partial charge in [0, 0.05) is 0 Å². The van der Waals surface area contributed by atoms with Crippen molar-refractivity contribution < 1.29 is 14.0 Å². The molecule has 14 heavy (non-hydrogen) atoms. The van der Waals surface area contributed by atoms with E-state index in [1.165, 1.54) is 6.26 Å². The molecule has 4 heteroatoms. The lowest BCUT2D eigenvalue weighted by Gasteiger charge is -2.14. The van der Waals surface area contributed by atoms with Gasteiger partial charge in [-0.05, 0) is 18.1 Å². The molecule has 0 bridgehead atoms. The monoisotopic (exact) mass is 195 g/mol. The normalized spacial score (nSPS) is 12.5. The van der Waals surface area contributed by atoms with Crippen LogP contribution in [0.5, 0.6) is 0 Å². The van der Waals surface area contributed by atoms with Crippen molar-refractivity contribution in [3.8, 4) is 0 Å². The molecule has 0 aliphatic heterocycles. The van der Waals surface area contributed by atoms with E-state index in [1.807, 2.05) is 13.8 Å². The van der Waals surface area contributed by atoms with E-state index in [2.05, 4.69) is 5.32 Å². The zero-order valence-electron chi connectivity index (χ0n) is 8.19. The average Bonchev–Trinajstić information content (AvgIpc) is 2.65. The molecule has 76 valence electrons. The molecule has 0 radical (unpaired) electrons. The Morgan fingerprint density at radius 1 is 1.57 bits per heavy atom. The van der Waals surface area contributed by atoms with E-state index < -0.39 is 6.04 Å². The standard InChI is InChI=1S/C10H13NO3/c1-7(2)8(6-12)11-10(13)9-4-3-5-14-9/h3-8H,1-2H3,(H,11,13)/t8-/m1/s1. The summed E-state index contributed by atoms with van der Waals surface area (Å²) in [6, 6.07) is 2.71. The predicted octanol–water partition coefficient (Wildman–Crippen LogP) is 1.23. The molecule has 1 aromatic rings. The molecule has 4 nitrogen and oxygen atoms in total. The molecule has 1 heterocycles. The number of carbonyl (C=O) groups is 2. The van der Waals surface area contributed by atoms with Crippen LogP contribution in [0.2, 0.25) is 0 Å². The molecule has 0 saturated heterocycles. The van der Waals surface area contributed by atoms with Gasteiger partial charge in [0.15, 0.2) is 5.76 Å². The first-order valence-electron chi connectivity index (χ1n) is 4.45. The average molecular weight is 195 g/mol. The molecule has 0 aromatic carbocycles. The van der Waals surface area contributed by atoms with Crippen molar-refractivity contribution in [3.63, 3.8) is 0 Å². The van der Waals surface area contributed by atoms with Gasteiger partial charge in [-0.1, -0.05) is 13.8 Å². The SMILES string of the molecule is CC(C)[C@@H](C=O)NC(=O)c1ccco1. The number of nitrogens with one attached hydrogen (secondary N) is 1. The quantitative estimate of drug-likeness (QED) is 0.735. The summed E-state index contributed by atoms with van der Waals surface area (Å²) in [5.41, 5.74) is 0. The van der Waals surface area contributed by atoms with E-state index >= 15 is 0 Å². The van der Waals surface area contributed by atoms with Crippen molar-refractivity contribution in [2.75, 3.05) is 0 Å². The first kappa shape index (κ1) is 10.5. The van der Waals surface area contributed by atoms with Crippen molar-refractivity contribution in [3.05, 3.63) is 24.2 Å². The fourth-order valence-electron chi connectivity index (χ4n) is 0.988. The summed E-state index contributed by atoms with van der Waals surface area (Å²) in [5, 5.41) is 2.57. The van der Waals surface area contributed by atoms with Gasteiger partial charge in [0.1, 0.15) is 6.29 Å². The molecule has 1 amide bonds. The topological polar surface area (TPSA) is 59.3 Å². The van der Waals surface area contributed by atoms with Crippen LogP contribution in [0.3, 0.4) is 0 Å². The number of furan rings is 1. The third kappa shape index (κ3) is 2.45. The van der Waals surface area contributed by atoms with Crippen LogP contribution in [-0.4, -0.2) is 18.2 Å². The minimum atomic E-state index is -0.465. The summed E-state index contributed by atoms with van der Waals surface area (Å²) in [5.74, 6) is -0.0651. The predicted molar refractivity (Wildman–Crippen MR) is 50.9 cm³/mol. The summed E-state index contributed by atoms with van der Waals surface area (Å²) < 4.78 is 4.89. The highest BCUT2D eigenvalue weighted by atomic mass is 16.3. The van der Waals surface area contributed by atoms with Crippen LogP contribution in [0.25, 0.3) is 0 Å². The first-order chi connectivity index (χ1) is 6.65. The van der Waals surface area contributed by atoms with E-state index in [0.717, 1.165) is 6.29 Å². The molecule has 0 fully saturated rings. The second-order valence-corrected chi connectivity index (χ2v) is 3.36. The van der Waals surface area contributed by atoms with Crippen LogP contribution in [0.1, 0.15) is 24.4 Å². The molecule has 0 spiro atoms. The zero-order valence-corrected chi connectivity index (χ0v) is 8.19. The Morgan fingerprint density at radius 3 is 2.71 bits per heavy atom. The van der Waals surface area contributed by atoms with Crippen molar-refractivity contribution in [1.29, 1.82) is 0 Å². The first-order valence-corrected chi connectivity index (χ1v) is 4.45. The third-order valence-corrected chi connectivity index (χ3v) is 1.91. The van der Waals surface area contributed by atoms with Crippen LogP contribution < -0.4 is 5.32 Å². The number of rotatable bonds is 4. The van der Waals surface area contributed by atoms with E-state index in [9.17, 15) is 9.59 Å². The lowest BCUT2D eigenvalue weighted by Crippen LogP contribution is -2.39. The summed E-state index contributed by atoms with van der Waals surface area (Å²) in [6.45, 7) is 3.73. The van der Waals surface area contributed by atoms with Gasteiger partial charge in [-0.2, -0.15) is 0 Å². The molecular formula is C10H13NO3. The van der Waals surface area contributed by atoms with Gasteiger partial charge in [-0.15, -0.1) is 0 Å². The molecule has 1 rings (SSSR count). The minimum absolute atomic E-state index is 0.0754. The molecule has 0 unspecified atom stereocenters. The smallest absolute Gasteiger partial charge is 0.287 e. The van der Waals surface area contributed by atoms with Crippen LogP contribution in [0.4, 0.5) is 0 Å². The van der Waals surface area contributed by atoms with Gasteiger partial charge in [0.05, 0.1) is 12.3 Å². The van der Waals surface area contributed by atoms with E-state index in [-0.39, 0.29) is 17.6 Å². The number of carbonyl (C=O) groups excluding carboxylic acids is 2. The maximum Gasteiger partial charge on any atom is 0.287 e. The molecule has 1 aromatic heterocycles. The number of hydrogen-bond donors (Lipinski definition) is 1. The van der Waals surface area contributed by atoms with Crippen molar-refractivity contribution in [1.82, 2.24) is 5.32 Å². The molecule has 0 saturated carbocycles. The number of amides is 1. The van der Waals surface area contributed by atoms with E-state index in [4.69, 9.17) is 4.42 Å². The summed E-state index contributed by atoms with van der Waals surface area (Å²) in [4.78, 5) is 22.0. The molecule has 0 aliphatic rings. The Morgan fingerprint density at radius 2 is 2.29 bits per heavy atom. The largest absolute Gasteiger partial charge is 0.459 e. The Balaban J connectivity index is 2.60. The number of hydrogen-bond acceptors (Lipinski definition) is 3. The van der Waals surface area contributed by atoms with Crippen LogP contribution in [0, 0.1) is 5.92 Å². The maximum absolute atomic E-state index is 11.4. The summed E-state index contributed by atoms with van der Waals surface area (Å²) in [6.07, 6.45) is 2.14. The van der Waals surface area contributed by atoms with Gasteiger partial charge < -0.3 is 14.5 Å². The van der Waals surface area contributed by atoms with E-state index in [0.29, 0.717) is 0 Å². The van der Waals surface area contributed by atoms with Crippen molar-refractivity contribution in [2.24, 2.45) is 5.92 Å². The molecule has 0 aliphatic carbocycles. The van der Waals surface area contributed by atoms with Crippen LogP contribution in [0.15, 0.2) is 22.8 Å². The second kappa shape index (κ2) is 4.60. The highest BCUT2D eigenvalue weighted by molar-refractivity contribution is 5.93. The highest BCUT2D eigenvalue weighted by Crippen LogP contribution is 2.03. The second-order valence-electron chi connectivity index (χ2n) is 3.36. The Kier molecular flexibility index (Phi) is 3.45. The minimum Gasteiger partial charge on any atom is -0.459 e. The Bertz CT molecular complexity index is 303. The van der Waals surface area contributed by atoms with Gasteiger partial charge >= 0.3 is 0 Å². The van der Waals surface area contributed by atoms with Gasteiger partial charge in [0.2, 0.25) is 0 Å². The van der Waals surface area contributed by atoms with Gasteiger partial charge in [-0.25, -0.2) is 0 Å². The van der Waals surface area contributed by atoms with E-state index in [1.54, 1.807) is 12.1 Å². The summed E-state index contributed by atoms with van der Waals surface area (Å²) >= 11 is 0. The highest BCUT2D eigenvalue weighted by Gasteiger charge is 2.17. The lowest BCUT2D eigenvalue weighted by atomic mass is 10.1. The number of aldehydes is 1. The van der Waals surface area contributed by atoms with Crippen molar-refractivity contribution >= 4 is 12.2 Å². The Labute approximate surface area is 82.3 Å². The molecule has 1 atom stereocenters. The molecule has 1 N–H and O–H groups in total. The van der Waals surface area contributed by atoms with Crippen LogP contribution >= 0.6 is 0 Å². The zero-order chi connectivity index (χ0) is 10.6. The summed E-state index contributed by atoms with van der Waals surface area (Å²) in [7, 11) is 0. The fraction of sp³-hybridized carbons (Fsp3) is 0.400. The molecular weight excluding hydrogens is 182 g/mol. The van der Waals surface area contributed by atoms with Crippen molar-refractivity contribution in [2.45, 2.75) is 19.9 Å². The van der Waals surface area contributed by atoms with Gasteiger partial charge in [-0.3, -0.25) is 4.79 Å². The third-order valence-electron chi connectivity index (χ3n) is 1.91. The van der Waals surface area contributed by atoms with Crippen LogP contribution in [-0.2, 0) is 4.79 Å².